The van der Waals surface area contributed by atoms with Gasteiger partial charge in [0.2, 0.25) is 10.0 Å². The third-order valence-electron chi connectivity index (χ3n) is 3.08. The number of aliphatic hydroxyl groups excluding tert-OH is 1. The Bertz CT molecular complexity index is 506. The molecule has 0 bridgehead atoms. The van der Waals surface area contributed by atoms with Gasteiger partial charge in [0.1, 0.15) is 4.90 Å². The van der Waals surface area contributed by atoms with E-state index < -0.39 is 10.0 Å². The van der Waals surface area contributed by atoms with E-state index in [1.807, 2.05) is 0 Å². The van der Waals surface area contributed by atoms with Crippen molar-refractivity contribution in [1.29, 1.82) is 0 Å². The zero-order valence-corrected chi connectivity index (χ0v) is 13.1. The number of rotatable bonds is 4. The van der Waals surface area contributed by atoms with Gasteiger partial charge < -0.3 is 5.11 Å². The average molecular weight is 354 g/mol. The first-order valence-corrected chi connectivity index (χ1v) is 9.03. The maximum absolute atomic E-state index is 12.2. The first kappa shape index (κ1) is 14.5. The first-order chi connectivity index (χ1) is 8.53. The van der Waals surface area contributed by atoms with Crippen molar-refractivity contribution in [2.45, 2.75) is 49.6 Å². The molecule has 1 heterocycles. The second kappa shape index (κ2) is 6.00. The van der Waals surface area contributed by atoms with Crippen LogP contribution in [0.4, 0.5) is 0 Å². The van der Waals surface area contributed by atoms with Crippen molar-refractivity contribution < 1.29 is 13.5 Å². The molecule has 1 saturated carbocycles. The molecule has 102 valence electrons. The maximum atomic E-state index is 12.2. The average Bonchev–Trinajstić information content (AvgIpc) is 2.72. The smallest absolute Gasteiger partial charge is 0.242 e. The van der Waals surface area contributed by atoms with Gasteiger partial charge in [0.25, 0.3) is 0 Å². The molecule has 1 fully saturated rings. The highest BCUT2D eigenvalue weighted by atomic mass is 79.9. The molecule has 4 nitrogen and oxygen atoms in total. The molecule has 0 aromatic carbocycles. The third kappa shape index (κ3) is 3.33. The van der Waals surface area contributed by atoms with Gasteiger partial charge in [-0.2, -0.15) is 0 Å². The van der Waals surface area contributed by atoms with Crippen LogP contribution >= 0.6 is 27.3 Å². The van der Waals surface area contributed by atoms with Crippen LogP contribution < -0.4 is 4.72 Å². The van der Waals surface area contributed by atoms with Gasteiger partial charge in [0.15, 0.2) is 0 Å². The molecule has 0 aliphatic heterocycles. The zero-order valence-electron chi connectivity index (χ0n) is 9.86. The van der Waals surface area contributed by atoms with E-state index >= 15 is 0 Å². The zero-order chi connectivity index (χ0) is 13.2. The van der Waals surface area contributed by atoms with E-state index in [1.165, 1.54) is 23.8 Å². The molecule has 7 heteroatoms. The van der Waals surface area contributed by atoms with Crippen LogP contribution in [0, 0.1) is 0 Å². The monoisotopic (exact) mass is 353 g/mol. The lowest BCUT2D eigenvalue weighted by Crippen LogP contribution is -2.36. The van der Waals surface area contributed by atoms with Gasteiger partial charge in [-0.25, -0.2) is 13.1 Å². The molecule has 1 aliphatic carbocycles. The molecule has 1 aromatic rings. The fraction of sp³-hybridized carbons (Fsp3) is 0.636. The van der Waals surface area contributed by atoms with Crippen molar-refractivity contribution in [3.8, 4) is 0 Å². The van der Waals surface area contributed by atoms with Gasteiger partial charge in [0, 0.05) is 10.9 Å². The SMILES string of the molecule is O=S(=O)(NC1CCCCC1)c1cc(CO)sc1Br. The molecule has 0 spiro atoms. The summed E-state index contributed by atoms with van der Waals surface area (Å²) in [6, 6.07) is 1.58. The summed E-state index contributed by atoms with van der Waals surface area (Å²) in [6.07, 6.45) is 5.18. The fourth-order valence-electron chi connectivity index (χ4n) is 2.16. The number of halogens is 1. The van der Waals surface area contributed by atoms with Crippen molar-refractivity contribution in [1.82, 2.24) is 4.72 Å². The molecule has 1 aliphatic rings. The molecular formula is C11H16BrNO3S2. The minimum absolute atomic E-state index is 0.0492. The Morgan fingerprint density at radius 2 is 2.06 bits per heavy atom. The summed E-state index contributed by atoms with van der Waals surface area (Å²) < 4.78 is 27.8. The van der Waals surface area contributed by atoms with Crippen molar-refractivity contribution in [3.05, 3.63) is 14.7 Å². The quantitative estimate of drug-likeness (QED) is 0.874. The second-order valence-electron chi connectivity index (χ2n) is 4.47. The minimum atomic E-state index is -3.48. The standard InChI is InChI=1S/C11H16BrNO3S2/c12-11-10(6-9(7-14)17-11)18(15,16)13-8-4-2-1-3-5-8/h6,8,13-14H,1-5,7H2. The lowest BCUT2D eigenvalue weighted by molar-refractivity contribution is 0.285. The number of thiophene rings is 1. The normalized spacial score (nSPS) is 18.1. The van der Waals surface area contributed by atoms with Gasteiger partial charge in [-0.1, -0.05) is 19.3 Å². The first-order valence-electron chi connectivity index (χ1n) is 5.94. The summed E-state index contributed by atoms with van der Waals surface area (Å²) in [5.74, 6) is 0. The van der Waals surface area contributed by atoms with Crippen molar-refractivity contribution >= 4 is 37.3 Å². The third-order valence-corrected chi connectivity index (χ3v) is 6.84. The van der Waals surface area contributed by atoms with E-state index in [4.69, 9.17) is 5.11 Å². The van der Waals surface area contributed by atoms with Crippen LogP contribution in [0.15, 0.2) is 14.7 Å². The minimum Gasteiger partial charge on any atom is -0.391 e. The van der Waals surface area contributed by atoms with Crippen LogP contribution in [0.5, 0.6) is 0 Å². The Labute approximate surface area is 120 Å². The van der Waals surface area contributed by atoms with Crippen LogP contribution in [0.1, 0.15) is 37.0 Å². The van der Waals surface area contributed by atoms with E-state index in [9.17, 15) is 8.42 Å². The van der Waals surface area contributed by atoms with Crippen molar-refractivity contribution in [3.63, 3.8) is 0 Å². The van der Waals surface area contributed by atoms with Crippen molar-refractivity contribution in [2.24, 2.45) is 0 Å². The van der Waals surface area contributed by atoms with Crippen LogP contribution in [0.3, 0.4) is 0 Å². The van der Waals surface area contributed by atoms with Crippen LogP contribution in [0.2, 0.25) is 0 Å². The van der Waals surface area contributed by atoms with Crippen LogP contribution in [-0.2, 0) is 16.6 Å². The summed E-state index contributed by atoms with van der Waals surface area (Å²) in [4.78, 5) is 0.882. The summed E-state index contributed by atoms with van der Waals surface area (Å²) in [6.45, 7) is -0.137. The van der Waals surface area contributed by atoms with Gasteiger partial charge >= 0.3 is 0 Å². The summed E-state index contributed by atoms with van der Waals surface area (Å²) in [7, 11) is -3.48. The largest absolute Gasteiger partial charge is 0.391 e. The topological polar surface area (TPSA) is 66.4 Å². The molecule has 1 aromatic heterocycles. The van der Waals surface area contributed by atoms with Crippen molar-refractivity contribution in [2.75, 3.05) is 0 Å². The predicted molar refractivity (Wildman–Crippen MR) is 75.1 cm³/mol. The lowest BCUT2D eigenvalue weighted by Gasteiger charge is -2.22. The van der Waals surface area contributed by atoms with Gasteiger partial charge in [0.05, 0.1) is 10.4 Å². The molecule has 0 atom stereocenters. The van der Waals surface area contributed by atoms with E-state index in [2.05, 4.69) is 20.7 Å². The number of nitrogens with one attached hydrogen (secondary N) is 1. The molecule has 2 rings (SSSR count). The maximum Gasteiger partial charge on any atom is 0.242 e. The predicted octanol–water partition coefficient (Wildman–Crippen LogP) is 2.61. The highest BCUT2D eigenvalue weighted by Gasteiger charge is 2.25. The number of hydrogen-bond donors (Lipinski definition) is 2. The summed E-state index contributed by atoms with van der Waals surface area (Å²) in [5.41, 5.74) is 0. The van der Waals surface area contributed by atoms with Gasteiger partial charge in [-0.05, 0) is 34.8 Å². The molecule has 0 unspecified atom stereocenters. The Balaban J connectivity index is 2.16. The highest BCUT2D eigenvalue weighted by Crippen LogP contribution is 2.32. The lowest BCUT2D eigenvalue weighted by atomic mass is 9.96. The van der Waals surface area contributed by atoms with Crippen LogP contribution in [-0.4, -0.2) is 19.6 Å². The highest BCUT2D eigenvalue weighted by molar-refractivity contribution is 9.11. The van der Waals surface area contributed by atoms with E-state index in [-0.39, 0.29) is 17.5 Å². The molecule has 18 heavy (non-hydrogen) atoms. The summed E-state index contributed by atoms with van der Waals surface area (Å²) in [5, 5.41) is 9.04. The fourth-order valence-corrected chi connectivity index (χ4v) is 6.01. The molecule has 0 saturated heterocycles. The second-order valence-corrected chi connectivity index (χ2v) is 8.60. The molecule has 2 N–H and O–H groups in total. The van der Waals surface area contributed by atoms with Gasteiger partial charge in [-0.3, -0.25) is 0 Å². The number of sulfonamides is 1. The van der Waals surface area contributed by atoms with E-state index in [0.29, 0.717) is 8.66 Å². The number of hydrogen-bond acceptors (Lipinski definition) is 4. The number of aliphatic hydroxyl groups is 1. The van der Waals surface area contributed by atoms with E-state index in [1.54, 1.807) is 0 Å². The molecule has 0 radical (unpaired) electrons. The Kier molecular flexibility index (Phi) is 4.82. The molecule has 0 amide bonds. The van der Waals surface area contributed by atoms with Gasteiger partial charge in [-0.15, -0.1) is 11.3 Å². The Morgan fingerprint density at radius 1 is 1.39 bits per heavy atom. The Morgan fingerprint density at radius 3 is 2.61 bits per heavy atom. The summed E-state index contributed by atoms with van der Waals surface area (Å²) >= 11 is 4.50. The molecular weight excluding hydrogens is 338 g/mol. The Hall–Kier alpha value is 0.0500. The van der Waals surface area contributed by atoms with Crippen LogP contribution in [0.25, 0.3) is 0 Å². The van der Waals surface area contributed by atoms with E-state index in [0.717, 1.165) is 25.7 Å².